The third-order valence-electron chi connectivity index (χ3n) is 3.90. The van der Waals surface area contributed by atoms with Crippen LogP contribution in [0.1, 0.15) is 79.2 Å². The number of aromatic nitrogens is 3. The van der Waals surface area contributed by atoms with E-state index in [2.05, 4.69) is 34.5 Å². The van der Waals surface area contributed by atoms with Gasteiger partial charge in [-0.05, 0) is 26.2 Å². The molecular formula is C16H24N4O2S. The maximum absolute atomic E-state index is 12.4. The Labute approximate surface area is 140 Å². The van der Waals surface area contributed by atoms with Gasteiger partial charge in [0.25, 0.3) is 5.91 Å². The monoisotopic (exact) mass is 336 g/mol. The highest BCUT2D eigenvalue weighted by molar-refractivity contribution is 7.15. The summed E-state index contributed by atoms with van der Waals surface area (Å²) in [6, 6.07) is 0. The minimum atomic E-state index is -0.232. The fourth-order valence-corrected chi connectivity index (χ4v) is 3.47. The van der Waals surface area contributed by atoms with Gasteiger partial charge in [0, 0.05) is 5.92 Å². The Bertz CT molecular complexity index is 650. The van der Waals surface area contributed by atoms with Crippen LogP contribution in [0.15, 0.2) is 4.52 Å². The van der Waals surface area contributed by atoms with E-state index in [0.29, 0.717) is 34.5 Å². The van der Waals surface area contributed by atoms with Gasteiger partial charge in [-0.1, -0.05) is 50.1 Å². The lowest BCUT2D eigenvalue weighted by Crippen LogP contribution is -2.14. The van der Waals surface area contributed by atoms with E-state index < -0.39 is 0 Å². The van der Waals surface area contributed by atoms with E-state index in [1.54, 1.807) is 6.92 Å². The van der Waals surface area contributed by atoms with Crippen molar-refractivity contribution in [2.75, 3.05) is 5.32 Å². The van der Waals surface area contributed by atoms with Crippen LogP contribution >= 0.6 is 11.3 Å². The number of anilines is 1. The van der Waals surface area contributed by atoms with E-state index in [0.717, 1.165) is 17.8 Å². The van der Waals surface area contributed by atoms with Gasteiger partial charge < -0.3 is 4.52 Å². The van der Waals surface area contributed by atoms with Crippen molar-refractivity contribution in [2.45, 2.75) is 65.7 Å². The number of hydrogen-bond donors (Lipinski definition) is 1. The molecule has 2 aromatic heterocycles. The lowest BCUT2D eigenvalue weighted by atomic mass is 10.0. The summed E-state index contributed by atoms with van der Waals surface area (Å²) in [5, 5.41) is 16.6. The van der Waals surface area contributed by atoms with Crippen molar-refractivity contribution >= 4 is 22.4 Å². The van der Waals surface area contributed by atoms with Gasteiger partial charge in [-0.3, -0.25) is 10.1 Å². The van der Waals surface area contributed by atoms with Crippen molar-refractivity contribution in [1.29, 1.82) is 0 Å². The molecule has 0 saturated carbocycles. The van der Waals surface area contributed by atoms with Crippen molar-refractivity contribution in [3.05, 3.63) is 22.0 Å². The molecule has 0 aromatic carbocycles. The van der Waals surface area contributed by atoms with Gasteiger partial charge in [-0.15, -0.1) is 10.2 Å². The lowest BCUT2D eigenvalue weighted by molar-refractivity contribution is 0.102. The minimum Gasteiger partial charge on any atom is -0.361 e. The molecule has 0 aliphatic rings. The standard InChI is InChI=1S/C16H24N4O2S/c1-5-8-9-11(6-2)15-18-19-16(23-15)17-14(21)13-10(4)22-20-12(13)7-3/h11H,5-9H2,1-4H3,(H,17,19,21)/t11-/m1/s1. The summed E-state index contributed by atoms with van der Waals surface area (Å²) in [4.78, 5) is 12.4. The average Bonchev–Trinajstić information content (AvgIpc) is 3.14. The Kier molecular flexibility index (Phi) is 6.27. The van der Waals surface area contributed by atoms with Crippen LogP contribution in [0, 0.1) is 6.92 Å². The third-order valence-corrected chi connectivity index (χ3v) is 4.91. The summed E-state index contributed by atoms with van der Waals surface area (Å²) in [6.07, 6.45) is 5.15. The molecule has 1 amide bonds. The summed E-state index contributed by atoms with van der Waals surface area (Å²) < 4.78 is 5.11. The van der Waals surface area contributed by atoms with Crippen LogP contribution in [0.3, 0.4) is 0 Å². The molecule has 2 rings (SSSR count). The molecular weight excluding hydrogens is 312 g/mol. The van der Waals surface area contributed by atoms with E-state index in [9.17, 15) is 4.79 Å². The van der Waals surface area contributed by atoms with E-state index in [4.69, 9.17) is 4.52 Å². The average molecular weight is 336 g/mol. The molecule has 0 aliphatic heterocycles. The third kappa shape index (κ3) is 4.16. The van der Waals surface area contributed by atoms with Crippen molar-refractivity contribution in [2.24, 2.45) is 0 Å². The number of nitrogens with zero attached hydrogens (tertiary/aromatic N) is 3. The molecule has 2 heterocycles. The van der Waals surface area contributed by atoms with E-state index in [1.807, 2.05) is 6.92 Å². The SMILES string of the molecule is CCCC[C@@H](CC)c1nnc(NC(=O)c2c(CC)noc2C)s1. The number of carbonyl (C=O) groups excluding carboxylic acids is 1. The molecule has 2 aromatic rings. The number of aryl methyl sites for hydroxylation is 2. The maximum atomic E-state index is 12.4. The zero-order valence-electron chi connectivity index (χ0n) is 14.2. The number of rotatable bonds is 8. The van der Waals surface area contributed by atoms with Gasteiger partial charge in [0.15, 0.2) is 0 Å². The van der Waals surface area contributed by atoms with Crippen molar-refractivity contribution in [1.82, 2.24) is 15.4 Å². The quantitative estimate of drug-likeness (QED) is 0.776. The second kappa shape index (κ2) is 8.19. The molecule has 1 atom stereocenters. The maximum Gasteiger partial charge on any atom is 0.263 e. The van der Waals surface area contributed by atoms with Crippen LogP contribution in [0.25, 0.3) is 0 Å². The van der Waals surface area contributed by atoms with Crippen LogP contribution in [0.5, 0.6) is 0 Å². The van der Waals surface area contributed by atoms with Crippen LogP contribution in [-0.2, 0) is 6.42 Å². The summed E-state index contributed by atoms with van der Waals surface area (Å²) in [7, 11) is 0. The lowest BCUT2D eigenvalue weighted by Gasteiger charge is -2.09. The van der Waals surface area contributed by atoms with Gasteiger partial charge in [0.1, 0.15) is 16.3 Å². The van der Waals surface area contributed by atoms with Gasteiger partial charge in [-0.25, -0.2) is 0 Å². The fraction of sp³-hybridized carbons (Fsp3) is 0.625. The summed E-state index contributed by atoms with van der Waals surface area (Å²) >= 11 is 1.46. The Balaban J connectivity index is 2.09. The minimum absolute atomic E-state index is 0.232. The Morgan fingerprint density at radius 2 is 2.09 bits per heavy atom. The van der Waals surface area contributed by atoms with Crippen molar-refractivity contribution in [3.63, 3.8) is 0 Å². The first-order valence-electron chi connectivity index (χ1n) is 8.20. The largest absolute Gasteiger partial charge is 0.361 e. The predicted octanol–water partition coefficient (Wildman–Crippen LogP) is 4.33. The van der Waals surface area contributed by atoms with Crippen LogP contribution in [0.4, 0.5) is 5.13 Å². The number of carbonyl (C=O) groups is 1. The Morgan fingerprint density at radius 3 is 2.74 bits per heavy atom. The van der Waals surface area contributed by atoms with Crippen LogP contribution in [-0.4, -0.2) is 21.3 Å². The molecule has 0 radical (unpaired) electrons. The molecule has 7 heteroatoms. The molecule has 0 spiro atoms. The van der Waals surface area contributed by atoms with Gasteiger partial charge >= 0.3 is 0 Å². The van der Waals surface area contributed by atoms with E-state index >= 15 is 0 Å². The molecule has 0 bridgehead atoms. The van der Waals surface area contributed by atoms with Crippen molar-refractivity contribution < 1.29 is 9.32 Å². The molecule has 1 N–H and O–H groups in total. The highest BCUT2D eigenvalue weighted by Gasteiger charge is 2.21. The number of amides is 1. The zero-order valence-corrected chi connectivity index (χ0v) is 15.0. The molecule has 0 aliphatic carbocycles. The Morgan fingerprint density at radius 1 is 1.30 bits per heavy atom. The normalized spacial score (nSPS) is 12.3. The highest BCUT2D eigenvalue weighted by Crippen LogP contribution is 2.30. The summed E-state index contributed by atoms with van der Waals surface area (Å²) in [5.41, 5.74) is 1.17. The molecule has 23 heavy (non-hydrogen) atoms. The zero-order chi connectivity index (χ0) is 16.8. The first kappa shape index (κ1) is 17.6. The molecule has 0 saturated heterocycles. The first-order valence-corrected chi connectivity index (χ1v) is 9.02. The van der Waals surface area contributed by atoms with Gasteiger partial charge in [0.2, 0.25) is 5.13 Å². The summed E-state index contributed by atoms with van der Waals surface area (Å²) in [6.45, 7) is 8.03. The second-order valence-corrected chi connectivity index (χ2v) is 6.57. The smallest absolute Gasteiger partial charge is 0.263 e. The van der Waals surface area contributed by atoms with Crippen molar-refractivity contribution in [3.8, 4) is 0 Å². The highest BCUT2D eigenvalue weighted by atomic mass is 32.1. The van der Waals surface area contributed by atoms with Crippen LogP contribution in [0.2, 0.25) is 0 Å². The van der Waals surface area contributed by atoms with Gasteiger partial charge in [-0.2, -0.15) is 0 Å². The second-order valence-electron chi connectivity index (χ2n) is 5.56. The number of nitrogens with one attached hydrogen (secondary N) is 1. The van der Waals surface area contributed by atoms with E-state index in [-0.39, 0.29) is 5.91 Å². The predicted molar refractivity (Wildman–Crippen MR) is 91.0 cm³/mol. The fourth-order valence-electron chi connectivity index (χ4n) is 2.51. The van der Waals surface area contributed by atoms with Crippen LogP contribution < -0.4 is 5.32 Å². The molecule has 0 fully saturated rings. The number of hydrogen-bond acceptors (Lipinski definition) is 6. The Hall–Kier alpha value is -1.76. The molecule has 126 valence electrons. The number of unbranched alkanes of at least 4 members (excludes halogenated alkanes) is 1. The van der Waals surface area contributed by atoms with Gasteiger partial charge in [0.05, 0.1) is 5.69 Å². The molecule has 6 nitrogen and oxygen atoms in total. The topological polar surface area (TPSA) is 80.9 Å². The molecule has 0 unspecified atom stereocenters. The van der Waals surface area contributed by atoms with E-state index in [1.165, 1.54) is 24.2 Å². The summed E-state index contributed by atoms with van der Waals surface area (Å²) in [5.74, 6) is 0.713. The first-order chi connectivity index (χ1) is 11.1.